The van der Waals surface area contributed by atoms with Gasteiger partial charge in [0, 0.05) is 18.0 Å². The highest BCUT2D eigenvalue weighted by Gasteiger charge is 2.16. The Balaban J connectivity index is 2.45. The molecule has 2 nitrogen and oxygen atoms in total. The minimum atomic E-state index is 0.0598. The molecule has 0 heterocycles. The highest BCUT2D eigenvalue weighted by molar-refractivity contribution is 5.97. The first-order valence-electron chi connectivity index (χ1n) is 6.78. The Labute approximate surface area is 111 Å². The van der Waals surface area contributed by atoms with E-state index < -0.39 is 0 Å². The molecule has 1 aromatic carbocycles. The molecule has 0 bridgehead atoms. The standard InChI is InChI=1S/C16H25NO/c1-13(2)10-11-17(4)12-14(3)16(18)15-8-6-5-7-9-15/h5-9,13-14H,10-12H2,1-4H3. The summed E-state index contributed by atoms with van der Waals surface area (Å²) < 4.78 is 0. The number of carbonyl (C=O) groups is 1. The van der Waals surface area contributed by atoms with E-state index in [1.165, 1.54) is 6.42 Å². The van der Waals surface area contributed by atoms with Crippen LogP contribution in [0.2, 0.25) is 0 Å². The molecule has 0 fully saturated rings. The molecule has 2 heteroatoms. The monoisotopic (exact) mass is 247 g/mol. The summed E-state index contributed by atoms with van der Waals surface area (Å²) in [5.41, 5.74) is 0.822. The molecule has 1 aromatic rings. The number of rotatable bonds is 7. The Kier molecular flexibility index (Phi) is 6.06. The van der Waals surface area contributed by atoms with E-state index in [1.54, 1.807) is 0 Å². The minimum Gasteiger partial charge on any atom is -0.306 e. The molecule has 100 valence electrons. The van der Waals surface area contributed by atoms with Crippen LogP contribution in [0.1, 0.15) is 37.6 Å². The van der Waals surface area contributed by atoms with Crippen molar-refractivity contribution in [2.45, 2.75) is 27.2 Å². The molecule has 0 saturated carbocycles. The van der Waals surface area contributed by atoms with Gasteiger partial charge in [-0.1, -0.05) is 51.1 Å². The Morgan fingerprint density at radius 2 is 1.78 bits per heavy atom. The van der Waals surface area contributed by atoms with Crippen LogP contribution in [0.5, 0.6) is 0 Å². The van der Waals surface area contributed by atoms with E-state index in [0.29, 0.717) is 5.92 Å². The van der Waals surface area contributed by atoms with Gasteiger partial charge in [-0.05, 0) is 25.9 Å². The van der Waals surface area contributed by atoms with Gasteiger partial charge in [-0.3, -0.25) is 4.79 Å². The second-order valence-electron chi connectivity index (χ2n) is 5.58. The van der Waals surface area contributed by atoms with Gasteiger partial charge in [-0.2, -0.15) is 0 Å². The van der Waals surface area contributed by atoms with Crippen molar-refractivity contribution >= 4 is 5.78 Å². The Morgan fingerprint density at radius 1 is 1.17 bits per heavy atom. The molecule has 0 radical (unpaired) electrons. The lowest BCUT2D eigenvalue weighted by atomic mass is 9.99. The van der Waals surface area contributed by atoms with E-state index in [1.807, 2.05) is 37.3 Å². The molecule has 18 heavy (non-hydrogen) atoms. The summed E-state index contributed by atoms with van der Waals surface area (Å²) in [4.78, 5) is 14.4. The van der Waals surface area contributed by atoms with Crippen molar-refractivity contribution in [3.05, 3.63) is 35.9 Å². The SMILES string of the molecule is CC(C)CCN(C)CC(C)C(=O)c1ccccc1. The fraction of sp³-hybridized carbons (Fsp3) is 0.562. The molecule has 1 unspecified atom stereocenters. The van der Waals surface area contributed by atoms with E-state index in [0.717, 1.165) is 18.7 Å². The van der Waals surface area contributed by atoms with E-state index in [4.69, 9.17) is 0 Å². The fourth-order valence-corrected chi connectivity index (χ4v) is 2.01. The Morgan fingerprint density at radius 3 is 2.33 bits per heavy atom. The van der Waals surface area contributed by atoms with E-state index >= 15 is 0 Å². The van der Waals surface area contributed by atoms with E-state index in [2.05, 4.69) is 25.8 Å². The molecule has 1 atom stereocenters. The van der Waals surface area contributed by atoms with Gasteiger partial charge in [-0.15, -0.1) is 0 Å². The molecule has 0 spiro atoms. The molecule has 0 aliphatic rings. The molecule has 1 rings (SSSR count). The van der Waals surface area contributed by atoms with Gasteiger partial charge in [0.1, 0.15) is 0 Å². The van der Waals surface area contributed by atoms with Crippen LogP contribution in [0, 0.1) is 11.8 Å². The molecule has 0 aliphatic carbocycles. The van der Waals surface area contributed by atoms with Crippen molar-refractivity contribution in [1.29, 1.82) is 0 Å². The highest BCUT2D eigenvalue weighted by Crippen LogP contribution is 2.10. The van der Waals surface area contributed by atoms with Gasteiger partial charge in [-0.25, -0.2) is 0 Å². The lowest BCUT2D eigenvalue weighted by Crippen LogP contribution is -2.30. The number of Topliss-reactive ketones (excluding diaryl/α,β-unsaturated/α-hetero) is 1. The third kappa shape index (κ3) is 5.01. The van der Waals surface area contributed by atoms with Gasteiger partial charge in [0.25, 0.3) is 0 Å². The maximum absolute atomic E-state index is 12.2. The zero-order chi connectivity index (χ0) is 13.5. The molecule has 0 saturated heterocycles. The zero-order valence-electron chi connectivity index (χ0n) is 12.0. The second kappa shape index (κ2) is 7.32. The summed E-state index contributed by atoms with van der Waals surface area (Å²) in [6.07, 6.45) is 1.18. The van der Waals surface area contributed by atoms with Crippen molar-refractivity contribution in [3.63, 3.8) is 0 Å². The van der Waals surface area contributed by atoms with Crippen molar-refractivity contribution in [2.75, 3.05) is 20.1 Å². The van der Waals surface area contributed by atoms with E-state index in [-0.39, 0.29) is 11.7 Å². The van der Waals surface area contributed by atoms with Crippen LogP contribution in [0.3, 0.4) is 0 Å². The lowest BCUT2D eigenvalue weighted by molar-refractivity contribution is 0.0902. The lowest BCUT2D eigenvalue weighted by Gasteiger charge is -2.21. The average Bonchev–Trinajstić information content (AvgIpc) is 2.36. The van der Waals surface area contributed by atoms with Crippen LogP contribution in [0.15, 0.2) is 30.3 Å². The van der Waals surface area contributed by atoms with E-state index in [9.17, 15) is 4.79 Å². The third-order valence-electron chi connectivity index (χ3n) is 3.18. The fourth-order valence-electron chi connectivity index (χ4n) is 2.01. The number of carbonyl (C=O) groups excluding carboxylic acids is 1. The van der Waals surface area contributed by atoms with Crippen LogP contribution >= 0.6 is 0 Å². The van der Waals surface area contributed by atoms with Crippen molar-refractivity contribution < 1.29 is 4.79 Å². The summed E-state index contributed by atoms with van der Waals surface area (Å²) in [6, 6.07) is 9.57. The summed E-state index contributed by atoms with van der Waals surface area (Å²) >= 11 is 0. The normalized spacial score (nSPS) is 13.0. The molecular formula is C16H25NO. The van der Waals surface area contributed by atoms with Crippen LogP contribution in [-0.2, 0) is 0 Å². The van der Waals surface area contributed by atoms with Crippen molar-refractivity contribution in [1.82, 2.24) is 4.90 Å². The van der Waals surface area contributed by atoms with Gasteiger partial charge in [0.2, 0.25) is 0 Å². The summed E-state index contributed by atoms with van der Waals surface area (Å²) in [5, 5.41) is 0. The molecular weight excluding hydrogens is 222 g/mol. The number of ketones is 1. The summed E-state index contributed by atoms with van der Waals surface area (Å²) in [6.45, 7) is 8.37. The van der Waals surface area contributed by atoms with Gasteiger partial charge >= 0.3 is 0 Å². The zero-order valence-corrected chi connectivity index (χ0v) is 12.0. The highest BCUT2D eigenvalue weighted by atomic mass is 16.1. The van der Waals surface area contributed by atoms with Crippen LogP contribution in [0.4, 0.5) is 0 Å². The molecule has 0 N–H and O–H groups in total. The minimum absolute atomic E-state index is 0.0598. The van der Waals surface area contributed by atoms with Gasteiger partial charge < -0.3 is 4.90 Å². The first-order chi connectivity index (χ1) is 8.50. The van der Waals surface area contributed by atoms with Gasteiger partial charge in [0.05, 0.1) is 0 Å². The molecule has 0 aliphatic heterocycles. The van der Waals surface area contributed by atoms with Crippen LogP contribution in [0.25, 0.3) is 0 Å². The number of hydrogen-bond donors (Lipinski definition) is 0. The maximum atomic E-state index is 12.2. The number of hydrogen-bond acceptors (Lipinski definition) is 2. The summed E-state index contributed by atoms with van der Waals surface area (Å²) in [7, 11) is 2.09. The Hall–Kier alpha value is -1.15. The van der Waals surface area contributed by atoms with Crippen molar-refractivity contribution in [2.24, 2.45) is 11.8 Å². The number of benzene rings is 1. The molecule has 0 amide bonds. The number of nitrogens with zero attached hydrogens (tertiary/aromatic N) is 1. The first kappa shape index (κ1) is 14.9. The predicted octanol–water partition coefficient (Wildman–Crippen LogP) is 3.48. The second-order valence-corrected chi connectivity index (χ2v) is 5.58. The topological polar surface area (TPSA) is 20.3 Å². The summed E-state index contributed by atoms with van der Waals surface area (Å²) in [5.74, 6) is 1.02. The van der Waals surface area contributed by atoms with Crippen molar-refractivity contribution in [3.8, 4) is 0 Å². The predicted molar refractivity (Wildman–Crippen MR) is 76.9 cm³/mol. The van der Waals surface area contributed by atoms with Crippen LogP contribution in [-0.4, -0.2) is 30.8 Å². The van der Waals surface area contributed by atoms with Crippen LogP contribution < -0.4 is 0 Å². The third-order valence-corrected chi connectivity index (χ3v) is 3.18. The first-order valence-corrected chi connectivity index (χ1v) is 6.78. The van der Waals surface area contributed by atoms with Gasteiger partial charge in [0.15, 0.2) is 5.78 Å². The Bertz CT molecular complexity index is 359. The quantitative estimate of drug-likeness (QED) is 0.687. The molecule has 0 aromatic heterocycles. The largest absolute Gasteiger partial charge is 0.306 e. The smallest absolute Gasteiger partial charge is 0.166 e. The average molecular weight is 247 g/mol. The maximum Gasteiger partial charge on any atom is 0.166 e.